The molecule has 0 rings (SSSR count). The smallest absolute Gasteiger partial charge is 0.332 e. The monoisotopic (exact) mass is 242 g/mol. The quantitative estimate of drug-likeness (QED) is 0.702. The summed E-state index contributed by atoms with van der Waals surface area (Å²) in [7, 11) is 0. The normalized spacial score (nSPS) is 15.1. The van der Waals surface area contributed by atoms with Crippen LogP contribution in [0.5, 0.6) is 0 Å². The lowest BCUT2D eigenvalue weighted by Crippen LogP contribution is -2.35. The standard InChI is InChI=1S/C13H22O4/c1-6-8(3)9(11(14)15)10(12(16)17)13(4,5)7-2/h10H,6-7H2,1-5H3,(H,14,15)(H,16,17)/b9-8+. The summed E-state index contributed by atoms with van der Waals surface area (Å²) in [5, 5.41) is 18.5. The topological polar surface area (TPSA) is 74.6 Å². The van der Waals surface area contributed by atoms with E-state index in [1.54, 1.807) is 20.8 Å². The maximum absolute atomic E-state index is 11.4. The number of carboxylic acids is 2. The molecular weight excluding hydrogens is 220 g/mol. The summed E-state index contributed by atoms with van der Waals surface area (Å²) < 4.78 is 0. The van der Waals surface area contributed by atoms with Crippen molar-refractivity contribution in [3.63, 3.8) is 0 Å². The summed E-state index contributed by atoms with van der Waals surface area (Å²) in [6, 6.07) is 0. The van der Waals surface area contributed by atoms with Crippen LogP contribution in [-0.2, 0) is 9.59 Å². The van der Waals surface area contributed by atoms with Crippen LogP contribution >= 0.6 is 0 Å². The largest absolute Gasteiger partial charge is 0.481 e. The van der Waals surface area contributed by atoms with Crippen molar-refractivity contribution in [1.29, 1.82) is 0 Å². The highest BCUT2D eigenvalue weighted by Gasteiger charge is 2.40. The molecule has 0 aromatic carbocycles. The van der Waals surface area contributed by atoms with E-state index in [1.165, 1.54) is 0 Å². The van der Waals surface area contributed by atoms with Crippen molar-refractivity contribution in [1.82, 2.24) is 0 Å². The maximum atomic E-state index is 11.4. The van der Waals surface area contributed by atoms with Gasteiger partial charge in [0.1, 0.15) is 0 Å². The molecule has 98 valence electrons. The molecule has 0 aromatic rings. The molecule has 0 radical (unpaired) electrons. The molecule has 2 N–H and O–H groups in total. The van der Waals surface area contributed by atoms with Crippen molar-refractivity contribution in [2.24, 2.45) is 11.3 Å². The third kappa shape index (κ3) is 3.58. The zero-order valence-electron chi connectivity index (χ0n) is 11.2. The first-order valence-corrected chi connectivity index (χ1v) is 5.84. The van der Waals surface area contributed by atoms with Gasteiger partial charge in [0.2, 0.25) is 0 Å². The SMILES string of the molecule is CC/C(C)=C(/C(=O)O)C(C(=O)O)C(C)(C)CC. The third-order valence-electron chi connectivity index (χ3n) is 3.45. The Morgan fingerprint density at radius 3 is 1.88 bits per heavy atom. The lowest BCUT2D eigenvalue weighted by atomic mass is 9.71. The second-order valence-corrected chi connectivity index (χ2v) is 4.97. The van der Waals surface area contributed by atoms with Crippen LogP contribution in [0.2, 0.25) is 0 Å². The molecule has 0 aromatic heterocycles. The summed E-state index contributed by atoms with van der Waals surface area (Å²) in [6.07, 6.45) is 1.16. The summed E-state index contributed by atoms with van der Waals surface area (Å²) >= 11 is 0. The summed E-state index contributed by atoms with van der Waals surface area (Å²) in [4.78, 5) is 22.7. The number of aliphatic carboxylic acids is 2. The van der Waals surface area contributed by atoms with Crippen LogP contribution in [0.3, 0.4) is 0 Å². The third-order valence-corrected chi connectivity index (χ3v) is 3.45. The number of rotatable bonds is 6. The lowest BCUT2D eigenvalue weighted by Gasteiger charge is -2.31. The zero-order valence-corrected chi connectivity index (χ0v) is 11.2. The van der Waals surface area contributed by atoms with Gasteiger partial charge >= 0.3 is 11.9 Å². The number of carboxylic acid groups (broad SMARTS) is 2. The van der Waals surface area contributed by atoms with E-state index in [0.29, 0.717) is 18.4 Å². The Labute approximate surface area is 102 Å². The molecule has 0 saturated heterocycles. The van der Waals surface area contributed by atoms with Crippen LogP contribution in [-0.4, -0.2) is 22.2 Å². The highest BCUT2D eigenvalue weighted by Crippen LogP contribution is 2.37. The van der Waals surface area contributed by atoms with Gasteiger partial charge in [-0.1, -0.05) is 33.3 Å². The van der Waals surface area contributed by atoms with Crippen LogP contribution in [0.15, 0.2) is 11.1 Å². The van der Waals surface area contributed by atoms with Crippen molar-refractivity contribution in [3.8, 4) is 0 Å². The molecular formula is C13H22O4. The van der Waals surface area contributed by atoms with E-state index in [0.717, 1.165) is 0 Å². The molecule has 0 amide bonds. The Morgan fingerprint density at radius 2 is 1.65 bits per heavy atom. The van der Waals surface area contributed by atoms with E-state index in [2.05, 4.69) is 0 Å². The average Bonchev–Trinajstić information content (AvgIpc) is 2.23. The van der Waals surface area contributed by atoms with Gasteiger partial charge < -0.3 is 10.2 Å². The predicted molar refractivity (Wildman–Crippen MR) is 65.8 cm³/mol. The first-order chi connectivity index (χ1) is 7.68. The minimum atomic E-state index is -1.13. The van der Waals surface area contributed by atoms with E-state index >= 15 is 0 Å². The number of carbonyl (C=O) groups is 2. The zero-order chi connectivity index (χ0) is 13.8. The number of hydrogen-bond donors (Lipinski definition) is 2. The first kappa shape index (κ1) is 15.7. The minimum Gasteiger partial charge on any atom is -0.481 e. The van der Waals surface area contributed by atoms with Crippen LogP contribution in [0.4, 0.5) is 0 Å². The maximum Gasteiger partial charge on any atom is 0.332 e. The molecule has 0 saturated carbocycles. The molecule has 0 aliphatic carbocycles. The Kier molecular flexibility index (Phi) is 5.39. The van der Waals surface area contributed by atoms with E-state index in [4.69, 9.17) is 0 Å². The minimum absolute atomic E-state index is 0.0341. The molecule has 1 atom stereocenters. The van der Waals surface area contributed by atoms with Gasteiger partial charge in [-0.3, -0.25) is 4.79 Å². The first-order valence-electron chi connectivity index (χ1n) is 5.84. The second-order valence-electron chi connectivity index (χ2n) is 4.97. The van der Waals surface area contributed by atoms with Gasteiger partial charge in [-0.15, -0.1) is 0 Å². The van der Waals surface area contributed by atoms with E-state index in [1.807, 2.05) is 13.8 Å². The number of hydrogen-bond acceptors (Lipinski definition) is 2. The Bertz CT molecular complexity index is 339. The fraction of sp³-hybridized carbons (Fsp3) is 0.692. The van der Waals surface area contributed by atoms with Gasteiger partial charge in [-0.2, -0.15) is 0 Å². The Hall–Kier alpha value is -1.32. The fourth-order valence-electron chi connectivity index (χ4n) is 1.80. The lowest BCUT2D eigenvalue weighted by molar-refractivity contribution is -0.147. The molecule has 0 aliphatic heterocycles. The fourth-order valence-corrected chi connectivity index (χ4v) is 1.80. The van der Waals surface area contributed by atoms with Crippen LogP contribution in [0, 0.1) is 11.3 Å². The van der Waals surface area contributed by atoms with Gasteiger partial charge in [-0.25, -0.2) is 4.79 Å². The van der Waals surface area contributed by atoms with Crippen molar-refractivity contribution < 1.29 is 19.8 Å². The molecule has 4 nitrogen and oxygen atoms in total. The van der Waals surface area contributed by atoms with Gasteiger partial charge in [-0.05, 0) is 25.2 Å². The molecule has 0 fully saturated rings. The van der Waals surface area contributed by atoms with Gasteiger partial charge in [0.05, 0.1) is 11.5 Å². The van der Waals surface area contributed by atoms with Crippen molar-refractivity contribution in [2.75, 3.05) is 0 Å². The van der Waals surface area contributed by atoms with Crippen LogP contribution < -0.4 is 0 Å². The molecule has 0 bridgehead atoms. The molecule has 0 heterocycles. The summed E-state index contributed by atoms with van der Waals surface area (Å²) in [5.41, 5.74) is 0.0916. The number of allylic oxidation sites excluding steroid dienone is 1. The summed E-state index contributed by atoms with van der Waals surface area (Å²) in [5.74, 6) is -3.16. The second kappa shape index (κ2) is 5.84. The van der Waals surface area contributed by atoms with E-state index in [-0.39, 0.29) is 5.57 Å². The Balaban J connectivity index is 5.76. The average molecular weight is 242 g/mol. The van der Waals surface area contributed by atoms with Crippen LogP contribution in [0.25, 0.3) is 0 Å². The predicted octanol–water partition coefficient (Wildman–Crippen LogP) is 2.93. The summed E-state index contributed by atoms with van der Waals surface area (Å²) in [6.45, 7) is 8.97. The van der Waals surface area contributed by atoms with E-state index < -0.39 is 23.3 Å². The highest BCUT2D eigenvalue weighted by atomic mass is 16.4. The van der Waals surface area contributed by atoms with Gasteiger partial charge in [0.25, 0.3) is 0 Å². The van der Waals surface area contributed by atoms with E-state index in [9.17, 15) is 19.8 Å². The molecule has 1 unspecified atom stereocenters. The van der Waals surface area contributed by atoms with Crippen molar-refractivity contribution in [2.45, 2.75) is 47.5 Å². The van der Waals surface area contributed by atoms with Crippen molar-refractivity contribution in [3.05, 3.63) is 11.1 Å². The molecule has 0 spiro atoms. The Morgan fingerprint density at radius 1 is 1.18 bits per heavy atom. The molecule has 17 heavy (non-hydrogen) atoms. The van der Waals surface area contributed by atoms with Gasteiger partial charge in [0.15, 0.2) is 0 Å². The highest BCUT2D eigenvalue weighted by molar-refractivity contribution is 5.95. The molecule has 4 heteroatoms. The van der Waals surface area contributed by atoms with Crippen LogP contribution in [0.1, 0.15) is 47.5 Å². The van der Waals surface area contributed by atoms with Crippen molar-refractivity contribution >= 4 is 11.9 Å². The molecule has 0 aliphatic rings. The van der Waals surface area contributed by atoms with Gasteiger partial charge in [0, 0.05) is 0 Å².